The van der Waals surface area contributed by atoms with Gasteiger partial charge in [0.15, 0.2) is 31.5 Å². The Morgan fingerprint density at radius 1 is 0.268 bits per heavy atom. The molecule has 17 N–H and O–H groups in total. The average molecular weight is 829 g/mol. The summed E-state index contributed by atoms with van der Waals surface area (Å²) >= 11 is 0. The molecule has 0 saturated carbocycles. The van der Waals surface area contributed by atoms with Gasteiger partial charge in [0.2, 0.25) is 0 Å². The number of hydrogen-bond donors (Lipinski definition) is 17. The summed E-state index contributed by atoms with van der Waals surface area (Å²) in [5.41, 5.74) is 0. The van der Waals surface area contributed by atoms with Gasteiger partial charge in [-0.05, 0) is 0 Å². The lowest BCUT2D eigenvalue weighted by Gasteiger charge is -2.50. The van der Waals surface area contributed by atoms with Crippen molar-refractivity contribution in [1.82, 2.24) is 0 Å². The quantitative estimate of drug-likeness (QED) is 0.0819. The Morgan fingerprint density at radius 3 is 0.857 bits per heavy atom. The molecule has 0 spiro atoms. The van der Waals surface area contributed by atoms with Crippen LogP contribution in [-0.4, -0.2) is 273 Å². The molecule has 5 rings (SSSR count). The van der Waals surface area contributed by atoms with E-state index in [-0.39, 0.29) is 0 Å². The topological polar surface area (TPSA) is 427 Å². The second kappa shape index (κ2) is 19.6. The van der Waals surface area contributed by atoms with Gasteiger partial charge in [-0.15, -0.1) is 0 Å². The summed E-state index contributed by atoms with van der Waals surface area (Å²) in [4.78, 5) is 0. The van der Waals surface area contributed by atoms with Crippen molar-refractivity contribution in [2.75, 3.05) is 33.0 Å². The lowest BCUT2D eigenvalue weighted by Crippen LogP contribution is -2.68. The van der Waals surface area contributed by atoms with Crippen molar-refractivity contribution >= 4 is 0 Å². The van der Waals surface area contributed by atoms with E-state index in [4.69, 9.17) is 42.6 Å². The fourth-order valence-corrected chi connectivity index (χ4v) is 6.95. The molecule has 0 amide bonds. The second-order valence-corrected chi connectivity index (χ2v) is 13.9. The van der Waals surface area contributed by atoms with E-state index in [9.17, 15) is 86.8 Å². The maximum absolute atomic E-state index is 11.3. The smallest absolute Gasteiger partial charge is 0.187 e. The molecule has 25 atom stereocenters. The lowest BCUT2D eigenvalue weighted by molar-refractivity contribution is -0.412. The van der Waals surface area contributed by atoms with E-state index in [1.54, 1.807) is 0 Å². The Kier molecular flexibility index (Phi) is 16.1. The van der Waals surface area contributed by atoms with E-state index in [2.05, 4.69) is 0 Å². The van der Waals surface area contributed by atoms with Crippen molar-refractivity contribution in [2.45, 2.75) is 154 Å². The SMILES string of the molecule is OC[C@H]1O[C@H](O[C@@H]2[C@H](O[C@@H]3[C@H](O[C@@H]4[C@@H](O[C@@H]5C(O)O[C@H](CO)[C@@H](O)[C@@H]5O)O[C@H](CO)[C@@H](O)[C@@H]4O)O[C@H](CO)[C@@H](O)[C@@H]3O)O[C@H](CO)[C@@H](O)[C@@H]2O)[C@@H](O)[C@@H](O)[C@@H]1O. The molecule has 0 aromatic heterocycles. The van der Waals surface area contributed by atoms with Gasteiger partial charge in [0, 0.05) is 0 Å². The molecule has 26 nitrogen and oxygen atoms in total. The van der Waals surface area contributed by atoms with Gasteiger partial charge in [0.25, 0.3) is 0 Å². The van der Waals surface area contributed by atoms with Gasteiger partial charge < -0.3 is 129 Å². The number of hydrogen-bond acceptors (Lipinski definition) is 26. The Labute approximate surface area is 316 Å². The minimum absolute atomic E-state index is 0.833. The van der Waals surface area contributed by atoms with Crippen molar-refractivity contribution in [3.8, 4) is 0 Å². The third-order valence-electron chi connectivity index (χ3n) is 10.3. The number of rotatable bonds is 13. The van der Waals surface area contributed by atoms with Crippen molar-refractivity contribution < 1.29 is 129 Å². The van der Waals surface area contributed by atoms with Gasteiger partial charge in [-0.25, -0.2) is 0 Å². The third-order valence-corrected chi connectivity index (χ3v) is 10.3. The zero-order chi connectivity index (χ0) is 41.3. The first-order valence-electron chi connectivity index (χ1n) is 17.6. The van der Waals surface area contributed by atoms with Crippen LogP contribution in [0.4, 0.5) is 0 Å². The maximum atomic E-state index is 11.3. The fourth-order valence-electron chi connectivity index (χ4n) is 6.95. The monoisotopic (exact) mass is 828 g/mol. The second-order valence-electron chi connectivity index (χ2n) is 13.9. The summed E-state index contributed by atoms with van der Waals surface area (Å²) in [6, 6.07) is 0. The molecule has 56 heavy (non-hydrogen) atoms. The lowest BCUT2D eigenvalue weighted by atomic mass is 9.95. The van der Waals surface area contributed by atoms with Gasteiger partial charge >= 0.3 is 0 Å². The van der Waals surface area contributed by atoms with Gasteiger partial charge in [0.1, 0.15) is 122 Å². The summed E-state index contributed by atoms with van der Waals surface area (Å²) < 4.78 is 50.2. The van der Waals surface area contributed by atoms with Crippen LogP contribution in [-0.2, 0) is 42.6 Å². The highest BCUT2D eigenvalue weighted by Crippen LogP contribution is 2.36. The first kappa shape index (κ1) is 46.0. The number of ether oxygens (including phenoxy) is 9. The largest absolute Gasteiger partial charge is 0.394 e. The van der Waals surface area contributed by atoms with E-state index in [1.807, 2.05) is 0 Å². The first-order chi connectivity index (χ1) is 26.5. The predicted molar refractivity (Wildman–Crippen MR) is 167 cm³/mol. The summed E-state index contributed by atoms with van der Waals surface area (Å²) in [7, 11) is 0. The van der Waals surface area contributed by atoms with Crippen LogP contribution in [0.5, 0.6) is 0 Å². The Hall–Kier alpha value is -1.04. The molecule has 0 aliphatic carbocycles. The van der Waals surface area contributed by atoms with Gasteiger partial charge in [-0.1, -0.05) is 0 Å². The molecule has 0 radical (unpaired) electrons. The average Bonchev–Trinajstić information content (AvgIpc) is 3.19. The summed E-state index contributed by atoms with van der Waals surface area (Å²) in [5, 5.41) is 177. The summed E-state index contributed by atoms with van der Waals surface area (Å²) in [5.74, 6) is 0. The Balaban J connectivity index is 1.45. The highest BCUT2D eigenvalue weighted by molar-refractivity contribution is 4.98. The number of aliphatic hydroxyl groups excluding tert-OH is 17. The number of aliphatic hydroxyl groups is 17. The van der Waals surface area contributed by atoms with E-state index < -0.39 is 187 Å². The summed E-state index contributed by atoms with van der Waals surface area (Å²) in [6.07, 6.45) is -48.2. The van der Waals surface area contributed by atoms with Crippen molar-refractivity contribution in [1.29, 1.82) is 0 Å². The van der Waals surface area contributed by atoms with Crippen molar-refractivity contribution in [3.63, 3.8) is 0 Å². The van der Waals surface area contributed by atoms with Gasteiger partial charge in [0.05, 0.1) is 33.0 Å². The van der Waals surface area contributed by atoms with E-state index in [0.717, 1.165) is 0 Å². The van der Waals surface area contributed by atoms with Crippen LogP contribution in [0.1, 0.15) is 0 Å². The minimum atomic E-state index is -2.16. The van der Waals surface area contributed by atoms with Crippen LogP contribution in [0.15, 0.2) is 0 Å². The minimum Gasteiger partial charge on any atom is -0.394 e. The molecule has 328 valence electrons. The molecule has 26 heteroatoms. The molecular formula is C30H52O26. The van der Waals surface area contributed by atoms with E-state index in [0.29, 0.717) is 0 Å². The molecule has 5 heterocycles. The molecule has 5 aliphatic rings. The zero-order valence-corrected chi connectivity index (χ0v) is 29.2. The third kappa shape index (κ3) is 9.16. The first-order valence-corrected chi connectivity index (χ1v) is 17.6. The predicted octanol–water partition coefficient (Wildman–Crippen LogP) is -11.9. The fraction of sp³-hybridized carbons (Fsp3) is 1.00. The van der Waals surface area contributed by atoms with Crippen molar-refractivity contribution in [3.05, 3.63) is 0 Å². The molecule has 0 bridgehead atoms. The van der Waals surface area contributed by atoms with Crippen LogP contribution >= 0.6 is 0 Å². The van der Waals surface area contributed by atoms with Crippen LogP contribution in [0.2, 0.25) is 0 Å². The molecule has 1 unspecified atom stereocenters. The highest BCUT2D eigenvalue weighted by atomic mass is 16.8. The molecule has 5 aliphatic heterocycles. The highest BCUT2D eigenvalue weighted by Gasteiger charge is 2.57. The zero-order valence-electron chi connectivity index (χ0n) is 29.2. The molecule has 5 fully saturated rings. The van der Waals surface area contributed by atoms with Crippen LogP contribution in [0.3, 0.4) is 0 Å². The standard InChI is InChI=1S/C30H52O26/c31-1-6-12(37)17(42)22(26(47)48-6)53-28-24(19(44)14(39)8(3-33)50-28)55-30-25(20(45)15(40)10(5-35)52-30)56-29-23(18(43)13(38)9(4-34)51-29)54-27-21(46)16(41)11(36)7(2-32)49-27/h6-47H,1-5H2/t6-,7-,8-,9-,10-,11-,12-,13-,14-,15-,16+,17+,18+,19+,20+,21+,22+,23+,24+,25+,26?,27-,28-,29+,30+/m1/s1. The Bertz CT molecular complexity index is 1210. The molecule has 5 saturated heterocycles. The summed E-state index contributed by atoms with van der Waals surface area (Å²) in [6.45, 7) is -4.60. The molecular weight excluding hydrogens is 776 g/mol. The van der Waals surface area contributed by atoms with Gasteiger partial charge in [-0.2, -0.15) is 0 Å². The maximum Gasteiger partial charge on any atom is 0.187 e. The van der Waals surface area contributed by atoms with E-state index in [1.165, 1.54) is 0 Å². The van der Waals surface area contributed by atoms with Crippen LogP contribution in [0, 0.1) is 0 Å². The van der Waals surface area contributed by atoms with Crippen LogP contribution in [0.25, 0.3) is 0 Å². The van der Waals surface area contributed by atoms with Crippen LogP contribution < -0.4 is 0 Å². The van der Waals surface area contributed by atoms with E-state index >= 15 is 0 Å². The molecule has 0 aromatic rings. The normalized spacial score (nSPS) is 53.2. The molecule has 0 aromatic carbocycles. The Morgan fingerprint density at radius 2 is 0.518 bits per heavy atom. The van der Waals surface area contributed by atoms with Gasteiger partial charge in [-0.3, -0.25) is 0 Å². The van der Waals surface area contributed by atoms with Crippen molar-refractivity contribution in [2.24, 2.45) is 0 Å².